The number of hydrogen-bond acceptors (Lipinski definition) is 4. The molecule has 2 heterocycles. The van der Waals surface area contributed by atoms with E-state index < -0.39 is 6.10 Å². The number of rotatable bonds is 3. The Bertz CT molecular complexity index is 785. The Balaban J connectivity index is 2.21. The first-order valence-corrected chi connectivity index (χ1v) is 6.78. The molecule has 3 aromatic rings. The van der Waals surface area contributed by atoms with Crippen LogP contribution in [0.3, 0.4) is 0 Å². The Morgan fingerprint density at radius 2 is 1.86 bits per heavy atom. The lowest BCUT2D eigenvalue weighted by atomic mass is 10.1. The Hall–Kier alpha value is -2.46. The van der Waals surface area contributed by atoms with Crippen LogP contribution in [0.1, 0.15) is 18.7 Å². The zero-order valence-corrected chi connectivity index (χ0v) is 11.9. The van der Waals surface area contributed by atoms with Gasteiger partial charge in [-0.2, -0.15) is 0 Å². The number of benzene rings is 1. The zero-order chi connectivity index (χ0) is 14.8. The number of aliphatic hydroxyl groups excluding tert-OH is 1. The summed E-state index contributed by atoms with van der Waals surface area (Å²) in [5, 5.41) is 10.7. The van der Waals surface area contributed by atoms with E-state index in [0.29, 0.717) is 11.6 Å². The maximum Gasteiger partial charge on any atom is 0.223 e. The van der Waals surface area contributed by atoms with Crippen LogP contribution in [0.2, 0.25) is 0 Å². The molecule has 0 unspecified atom stereocenters. The molecule has 0 aliphatic rings. The summed E-state index contributed by atoms with van der Waals surface area (Å²) in [6, 6.07) is 15.4. The standard InChI is InChI=1S/C17H16N2O2/c1-11(20)14-8-5-9-16(18-14)13-10-12-6-3-4-7-15(12)19-17(13)21-2/h3-11,20H,1-2H3/t11-/m1/s1. The van der Waals surface area contributed by atoms with E-state index in [-0.39, 0.29) is 0 Å². The Kier molecular flexibility index (Phi) is 3.54. The minimum absolute atomic E-state index is 0.531. The summed E-state index contributed by atoms with van der Waals surface area (Å²) in [7, 11) is 1.60. The van der Waals surface area contributed by atoms with Crippen molar-refractivity contribution in [3.63, 3.8) is 0 Å². The maximum absolute atomic E-state index is 9.68. The van der Waals surface area contributed by atoms with Gasteiger partial charge in [-0.05, 0) is 31.2 Å². The molecule has 0 fully saturated rings. The Labute approximate surface area is 123 Å². The van der Waals surface area contributed by atoms with Crippen molar-refractivity contribution in [2.45, 2.75) is 13.0 Å². The van der Waals surface area contributed by atoms with E-state index in [2.05, 4.69) is 9.97 Å². The lowest BCUT2D eigenvalue weighted by Crippen LogP contribution is -1.99. The predicted molar refractivity (Wildman–Crippen MR) is 82.2 cm³/mol. The predicted octanol–water partition coefficient (Wildman–Crippen LogP) is 3.36. The lowest BCUT2D eigenvalue weighted by Gasteiger charge is -2.11. The van der Waals surface area contributed by atoms with E-state index in [1.54, 1.807) is 20.1 Å². The molecule has 0 aliphatic carbocycles. The van der Waals surface area contributed by atoms with Gasteiger partial charge in [-0.25, -0.2) is 9.97 Å². The smallest absolute Gasteiger partial charge is 0.223 e. The molecular formula is C17H16N2O2. The normalized spacial score (nSPS) is 12.3. The number of fused-ring (bicyclic) bond motifs is 1. The molecule has 21 heavy (non-hydrogen) atoms. The molecule has 0 saturated carbocycles. The number of aliphatic hydroxyl groups is 1. The van der Waals surface area contributed by atoms with Crippen molar-refractivity contribution in [1.29, 1.82) is 0 Å². The number of para-hydroxylation sites is 1. The van der Waals surface area contributed by atoms with Gasteiger partial charge in [-0.15, -0.1) is 0 Å². The molecule has 1 aromatic carbocycles. The van der Waals surface area contributed by atoms with Gasteiger partial charge >= 0.3 is 0 Å². The molecule has 0 spiro atoms. The topological polar surface area (TPSA) is 55.2 Å². The lowest BCUT2D eigenvalue weighted by molar-refractivity contribution is 0.194. The molecule has 0 amide bonds. The van der Waals surface area contributed by atoms with Gasteiger partial charge in [0, 0.05) is 5.39 Å². The molecule has 0 aliphatic heterocycles. The second-order valence-corrected chi connectivity index (χ2v) is 4.86. The number of hydrogen-bond donors (Lipinski definition) is 1. The van der Waals surface area contributed by atoms with Crippen molar-refractivity contribution in [3.05, 3.63) is 54.2 Å². The highest BCUT2D eigenvalue weighted by molar-refractivity contribution is 5.85. The number of aromatic nitrogens is 2. The maximum atomic E-state index is 9.68. The fourth-order valence-electron chi connectivity index (χ4n) is 2.27. The molecule has 4 heteroatoms. The summed E-state index contributed by atoms with van der Waals surface area (Å²) >= 11 is 0. The van der Waals surface area contributed by atoms with Crippen LogP contribution in [0.15, 0.2) is 48.5 Å². The molecule has 106 valence electrons. The van der Waals surface area contributed by atoms with Crippen LogP contribution >= 0.6 is 0 Å². The van der Waals surface area contributed by atoms with E-state index in [0.717, 1.165) is 22.2 Å². The number of nitrogens with zero attached hydrogens (tertiary/aromatic N) is 2. The summed E-state index contributed by atoms with van der Waals surface area (Å²) in [6.07, 6.45) is -0.607. The van der Waals surface area contributed by atoms with E-state index in [9.17, 15) is 5.11 Å². The Morgan fingerprint density at radius 3 is 2.62 bits per heavy atom. The van der Waals surface area contributed by atoms with Crippen molar-refractivity contribution in [3.8, 4) is 17.1 Å². The van der Waals surface area contributed by atoms with Crippen molar-refractivity contribution in [2.75, 3.05) is 7.11 Å². The van der Waals surface area contributed by atoms with Crippen LogP contribution in [0.25, 0.3) is 22.2 Å². The first-order chi connectivity index (χ1) is 10.2. The third-order valence-corrected chi connectivity index (χ3v) is 3.36. The summed E-state index contributed by atoms with van der Waals surface area (Å²) in [4.78, 5) is 9.01. The average Bonchev–Trinajstić information content (AvgIpc) is 2.53. The highest BCUT2D eigenvalue weighted by atomic mass is 16.5. The van der Waals surface area contributed by atoms with Gasteiger partial charge in [-0.1, -0.05) is 24.3 Å². The SMILES string of the molecule is COc1nc2ccccc2cc1-c1cccc([C@@H](C)O)n1. The highest BCUT2D eigenvalue weighted by Gasteiger charge is 2.12. The third-order valence-electron chi connectivity index (χ3n) is 3.36. The second kappa shape index (κ2) is 5.50. The molecule has 4 nitrogen and oxygen atoms in total. The van der Waals surface area contributed by atoms with Crippen molar-refractivity contribution < 1.29 is 9.84 Å². The summed E-state index contributed by atoms with van der Waals surface area (Å²) in [5.41, 5.74) is 3.06. The highest BCUT2D eigenvalue weighted by Crippen LogP contribution is 2.30. The first kappa shape index (κ1) is 13.5. The quantitative estimate of drug-likeness (QED) is 0.799. The minimum Gasteiger partial charge on any atom is -0.480 e. The monoisotopic (exact) mass is 280 g/mol. The Morgan fingerprint density at radius 1 is 1.05 bits per heavy atom. The molecule has 1 atom stereocenters. The second-order valence-electron chi connectivity index (χ2n) is 4.86. The van der Waals surface area contributed by atoms with Crippen LogP contribution in [0.4, 0.5) is 0 Å². The van der Waals surface area contributed by atoms with E-state index in [4.69, 9.17) is 4.74 Å². The van der Waals surface area contributed by atoms with Crippen molar-refractivity contribution >= 4 is 10.9 Å². The summed E-state index contributed by atoms with van der Waals surface area (Å²) < 4.78 is 5.39. The molecule has 2 aromatic heterocycles. The van der Waals surface area contributed by atoms with Gasteiger partial charge in [-0.3, -0.25) is 0 Å². The molecule has 3 rings (SSSR count). The molecule has 1 N–H and O–H groups in total. The van der Waals surface area contributed by atoms with Gasteiger partial charge in [0.25, 0.3) is 0 Å². The van der Waals surface area contributed by atoms with E-state index in [1.165, 1.54) is 0 Å². The number of pyridine rings is 2. The van der Waals surface area contributed by atoms with Gasteiger partial charge in [0.1, 0.15) is 0 Å². The van der Waals surface area contributed by atoms with Crippen LogP contribution < -0.4 is 4.74 Å². The van der Waals surface area contributed by atoms with Gasteiger partial charge in [0.05, 0.1) is 35.7 Å². The molecular weight excluding hydrogens is 264 g/mol. The van der Waals surface area contributed by atoms with Crippen LogP contribution in [0, 0.1) is 0 Å². The average molecular weight is 280 g/mol. The zero-order valence-electron chi connectivity index (χ0n) is 11.9. The molecule has 0 radical (unpaired) electrons. The van der Waals surface area contributed by atoms with Crippen molar-refractivity contribution in [1.82, 2.24) is 9.97 Å². The first-order valence-electron chi connectivity index (χ1n) is 6.78. The largest absolute Gasteiger partial charge is 0.480 e. The van der Waals surface area contributed by atoms with Crippen LogP contribution in [-0.4, -0.2) is 22.2 Å². The molecule has 0 bridgehead atoms. The van der Waals surface area contributed by atoms with Gasteiger partial charge in [0.2, 0.25) is 5.88 Å². The fourth-order valence-corrected chi connectivity index (χ4v) is 2.27. The van der Waals surface area contributed by atoms with Crippen molar-refractivity contribution in [2.24, 2.45) is 0 Å². The van der Waals surface area contributed by atoms with E-state index in [1.807, 2.05) is 42.5 Å². The number of ether oxygens (including phenoxy) is 1. The van der Waals surface area contributed by atoms with Gasteiger partial charge < -0.3 is 9.84 Å². The fraction of sp³-hybridized carbons (Fsp3) is 0.176. The third kappa shape index (κ3) is 2.58. The van der Waals surface area contributed by atoms with E-state index >= 15 is 0 Å². The number of methoxy groups -OCH3 is 1. The summed E-state index contributed by atoms with van der Waals surface area (Å²) in [5.74, 6) is 0.531. The van der Waals surface area contributed by atoms with Crippen LogP contribution in [-0.2, 0) is 0 Å². The minimum atomic E-state index is -0.607. The van der Waals surface area contributed by atoms with Gasteiger partial charge in [0.15, 0.2) is 0 Å². The summed E-state index contributed by atoms with van der Waals surface area (Å²) in [6.45, 7) is 1.70. The molecule has 0 saturated heterocycles. The van der Waals surface area contributed by atoms with Crippen LogP contribution in [0.5, 0.6) is 5.88 Å².